The van der Waals surface area contributed by atoms with Crippen LogP contribution in [-0.2, 0) is 31.1 Å². The van der Waals surface area contributed by atoms with Crippen molar-refractivity contribution in [1.82, 2.24) is 0 Å². The van der Waals surface area contributed by atoms with Crippen LogP contribution in [0.25, 0.3) is 22.8 Å². The molecule has 2 aromatic rings. The van der Waals surface area contributed by atoms with Crippen LogP contribution in [0.3, 0.4) is 0 Å². The summed E-state index contributed by atoms with van der Waals surface area (Å²) < 4.78 is 4.66. The van der Waals surface area contributed by atoms with Crippen LogP contribution in [0.15, 0.2) is 48.6 Å². The quantitative estimate of drug-likeness (QED) is 0.359. The third-order valence-corrected chi connectivity index (χ3v) is 21.4. The molecule has 2 aromatic carbocycles. The Morgan fingerprint density at radius 3 is 1.74 bits per heavy atom. The molecule has 35 heavy (non-hydrogen) atoms. The third-order valence-electron chi connectivity index (χ3n) is 8.73. The van der Waals surface area contributed by atoms with Crippen molar-refractivity contribution >= 4 is 12.2 Å². The molecule has 0 radical (unpaired) electrons. The molecule has 2 unspecified atom stereocenters. The minimum Gasteiger partial charge on any atom is -0.668 e. The Morgan fingerprint density at radius 1 is 0.686 bits per heavy atom. The van der Waals surface area contributed by atoms with E-state index in [4.69, 9.17) is 0 Å². The summed E-state index contributed by atoms with van der Waals surface area (Å²) in [6, 6.07) is 14.4. The fraction of sp³-hybridized carbons (Fsp3) is 0.500. The van der Waals surface area contributed by atoms with Gasteiger partial charge in [0.2, 0.25) is 0 Å². The van der Waals surface area contributed by atoms with E-state index in [0.29, 0.717) is 10.8 Å². The van der Waals surface area contributed by atoms with Gasteiger partial charge in [0.25, 0.3) is 0 Å². The van der Waals surface area contributed by atoms with Crippen LogP contribution in [0.2, 0.25) is 8.26 Å². The molecule has 0 aromatic heterocycles. The molecule has 0 amide bonds. The third kappa shape index (κ3) is 4.86. The summed E-state index contributed by atoms with van der Waals surface area (Å²) in [5.41, 5.74) is 10.2. The molecule has 4 aliphatic rings. The van der Waals surface area contributed by atoms with Gasteiger partial charge in [0.1, 0.15) is 0 Å². The zero-order valence-electron chi connectivity index (χ0n) is 23.2. The van der Waals surface area contributed by atoms with Crippen LogP contribution in [-0.4, -0.2) is 28.2 Å². The second-order valence-electron chi connectivity index (χ2n) is 12.2. The molecule has 3 heteroatoms. The summed E-state index contributed by atoms with van der Waals surface area (Å²) in [4.78, 5) is 0. The molecule has 2 nitrogen and oxygen atoms in total. The largest absolute Gasteiger partial charge is 0.668 e. The fourth-order valence-corrected chi connectivity index (χ4v) is 22.2. The number of hydrogen-bond donors (Lipinski definition) is 0. The molecule has 1 fully saturated rings. The molecule has 0 spiro atoms. The van der Waals surface area contributed by atoms with E-state index in [2.05, 4.69) is 99.0 Å². The summed E-state index contributed by atoms with van der Waals surface area (Å²) in [7, 11) is 7.00. The second-order valence-corrected chi connectivity index (χ2v) is 23.8. The monoisotopic (exact) mass is 546 g/mol. The van der Waals surface area contributed by atoms with Crippen LogP contribution >= 0.6 is 0 Å². The first-order chi connectivity index (χ1) is 16.6. The molecular formula is C32H44N2Zr. The number of hydrogen-bond acceptors (Lipinski definition) is 0. The van der Waals surface area contributed by atoms with Crippen LogP contribution < -0.4 is 0 Å². The van der Waals surface area contributed by atoms with Gasteiger partial charge in [0, 0.05) is 0 Å². The van der Waals surface area contributed by atoms with Crippen molar-refractivity contribution in [3.63, 3.8) is 0 Å². The molecule has 0 N–H and O–H groups in total. The van der Waals surface area contributed by atoms with Crippen molar-refractivity contribution < 1.29 is 20.3 Å². The first-order valence-corrected chi connectivity index (χ1v) is 19.6. The number of benzene rings is 2. The maximum absolute atomic E-state index is 3.50. The second kappa shape index (κ2) is 10.2. The van der Waals surface area contributed by atoms with Crippen molar-refractivity contribution in [1.29, 1.82) is 0 Å². The van der Waals surface area contributed by atoms with Gasteiger partial charge in [0.15, 0.2) is 0 Å². The molecule has 1 saturated heterocycles. The van der Waals surface area contributed by atoms with Gasteiger partial charge < -0.3 is 10.6 Å². The van der Waals surface area contributed by atoms with Gasteiger partial charge in [-0.05, 0) is 0 Å². The van der Waals surface area contributed by atoms with Crippen LogP contribution in [0.4, 0.5) is 0 Å². The molecule has 1 aliphatic heterocycles. The van der Waals surface area contributed by atoms with E-state index in [1.165, 1.54) is 24.0 Å². The van der Waals surface area contributed by atoms with E-state index in [1.54, 1.807) is 58.7 Å². The van der Waals surface area contributed by atoms with Crippen LogP contribution in [0.5, 0.6) is 0 Å². The Labute approximate surface area is 219 Å². The van der Waals surface area contributed by atoms with E-state index in [9.17, 15) is 0 Å². The van der Waals surface area contributed by atoms with Crippen molar-refractivity contribution in [2.24, 2.45) is 0 Å². The van der Waals surface area contributed by atoms with E-state index in [1.807, 2.05) is 0 Å². The number of nitrogens with zero attached hydrogens (tertiary/aromatic N) is 2. The number of fused-ring (bicyclic) bond motifs is 3. The summed E-state index contributed by atoms with van der Waals surface area (Å²) in [6.07, 6.45) is 12.7. The Morgan fingerprint density at radius 2 is 1.17 bits per heavy atom. The smallest absolute Gasteiger partial charge is 0.162 e. The predicted molar refractivity (Wildman–Crippen MR) is 152 cm³/mol. The van der Waals surface area contributed by atoms with Crippen LogP contribution in [0, 0.1) is 0 Å². The molecule has 3 aliphatic carbocycles. The maximum atomic E-state index is 3.50. The van der Waals surface area contributed by atoms with Gasteiger partial charge in [0.05, 0.1) is 0 Å². The normalized spacial score (nSPS) is 23.9. The van der Waals surface area contributed by atoms with E-state index < -0.39 is 20.3 Å². The minimum absolute atomic E-state index is 0.305. The Bertz CT molecular complexity index is 1120. The van der Waals surface area contributed by atoms with E-state index >= 15 is 0 Å². The van der Waals surface area contributed by atoms with Gasteiger partial charge in [-0.25, -0.2) is 0 Å². The average molecular weight is 548 g/mol. The first-order valence-electron chi connectivity index (χ1n) is 13.3. The molecule has 0 bridgehead atoms. The van der Waals surface area contributed by atoms with Crippen molar-refractivity contribution in [2.75, 3.05) is 28.2 Å². The number of allylic oxidation sites excluding steroid dienone is 2. The summed E-state index contributed by atoms with van der Waals surface area (Å²) >= 11 is -2.30. The molecule has 1 heterocycles. The standard InChI is InChI=1S/C17H21.C9H7.2C2H6N.C2H4.Zr/c1-16(2)8-9-17(3,4)15-11-13-7-5-6-12(13)10-14(15)16;1-2-5-9-7-3-6-8(9)4-1;2*1-3-2;1-2;/h5-7,10-11H,8-9H2,1-4H3;1-7H;2*1-2H3;1-2H2;/q;;2*-1;;+2. The van der Waals surface area contributed by atoms with Crippen molar-refractivity contribution in [3.05, 3.63) is 92.6 Å². The predicted octanol–water partition coefficient (Wildman–Crippen LogP) is 9.12. The first kappa shape index (κ1) is 26.8. The molecular weight excluding hydrogens is 504 g/mol. The zero-order chi connectivity index (χ0) is 25.4. The van der Waals surface area contributed by atoms with E-state index in [-0.39, 0.29) is 0 Å². The van der Waals surface area contributed by atoms with Crippen molar-refractivity contribution in [3.8, 4) is 0 Å². The van der Waals surface area contributed by atoms with Gasteiger partial charge in [-0.2, -0.15) is 28.2 Å². The molecule has 2 atom stereocenters. The summed E-state index contributed by atoms with van der Waals surface area (Å²) in [5.74, 6) is 0. The van der Waals surface area contributed by atoms with Gasteiger partial charge in [-0.1, -0.05) is 0 Å². The minimum atomic E-state index is -2.30. The average Bonchev–Trinajstić information content (AvgIpc) is 3.31. The van der Waals surface area contributed by atoms with Crippen molar-refractivity contribution in [2.45, 2.75) is 66.9 Å². The van der Waals surface area contributed by atoms with Gasteiger partial charge in [-0.3, -0.25) is 0 Å². The summed E-state index contributed by atoms with van der Waals surface area (Å²) in [5, 5.41) is 7.00. The SMILES string of the molecule is CC1(C)CCC(C)(C)c2cc3c(cc21)C=C[CH]3[Zr+2]1([CH]2C=Cc3ccccc32)[CH2][CH2]1.C[N-]C.C[N-]C. The summed E-state index contributed by atoms with van der Waals surface area (Å²) in [6.45, 7) is 9.84. The Hall–Kier alpha value is -1.28. The Balaban J connectivity index is 0.000000440. The van der Waals surface area contributed by atoms with Crippen LogP contribution in [0.1, 0.15) is 81.2 Å². The van der Waals surface area contributed by atoms with Gasteiger partial charge >= 0.3 is 181 Å². The van der Waals surface area contributed by atoms with E-state index in [0.717, 1.165) is 7.25 Å². The number of rotatable bonds is 2. The molecule has 0 saturated carbocycles. The Kier molecular flexibility index (Phi) is 7.83. The molecule has 186 valence electrons. The fourth-order valence-electron chi connectivity index (χ4n) is 6.58. The van der Waals surface area contributed by atoms with Gasteiger partial charge in [-0.15, -0.1) is 0 Å². The topological polar surface area (TPSA) is 28.2 Å². The maximum Gasteiger partial charge on any atom is -0.162 e. The zero-order valence-corrected chi connectivity index (χ0v) is 25.6. The molecule has 6 rings (SSSR count).